The fraction of sp³-hybridized carbons (Fsp3) is 0.150. The molecule has 0 unspecified atom stereocenters. The fourth-order valence-electron chi connectivity index (χ4n) is 2.70. The van der Waals surface area contributed by atoms with E-state index in [2.05, 4.69) is 10.6 Å². The van der Waals surface area contributed by atoms with Crippen molar-refractivity contribution in [1.82, 2.24) is 0 Å². The normalized spacial score (nSPS) is 11.8. The molecule has 0 bridgehead atoms. The van der Waals surface area contributed by atoms with E-state index in [1.807, 2.05) is 36.4 Å². The van der Waals surface area contributed by atoms with Crippen molar-refractivity contribution < 1.29 is 14.8 Å². The van der Waals surface area contributed by atoms with Gasteiger partial charge in [0.05, 0.1) is 11.0 Å². The third-order valence-corrected chi connectivity index (χ3v) is 4.05. The molecule has 1 atom stereocenters. The van der Waals surface area contributed by atoms with Crippen LogP contribution in [-0.2, 0) is 0 Å². The maximum atomic E-state index is 12.5. The zero-order valence-corrected chi connectivity index (χ0v) is 14.7. The van der Waals surface area contributed by atoms with Gasteiger partial charge in [-0.15, -0.1) is 0 Å². The van der Waals surface area contributed by atoms with Crippen molar-refractivity contribution in [2.45, 2.75) is 13.0 Å². The van der Waals surface area contributed by atoms with Crippen LogP contribution in [0, 0.1) is 10.1 Å². The standard InChI is InChI=1S/C20H19N3O4/c1-13(24)12-21-18-9-7-16(11-19(18)23(26)27)20(25)22-17-8-6-14-4-2-3-5-15(14)10-17/h2-11,13,21,24H,12H2,1H3,(H,22,25)/t13-/m1/s1. The lowest BCUT2D eigenvalue weighted by Gasteiger charge is -2.11. The number of aliphatic hydroxyl groups excluding tert-OH is 1. The van der Waals surface area contributed by atoms with Crippen molar-refractivity contribution in [3.63, 3.8) is 0 Å². The molecule has 3 N–H and O–H groups in total. The van der Waals surface area contributed by atoms with Gasteiger partial charge < -0.3 is 15.7 Å². The van der Waals surface area contributed by atoms with E-state index >= 15 is 0 Å². The highest BCUT2D eigenvalue weighted by molar-refractivity contribution is 6.06. The number of amides is 1. The predicted molar refractivity (Wildman–Crippen MR) is 105 cm³/mol. The number of nitro groups is 1. The summed E-state index contributed by atoms with van der Waals surface area (Å²) in [5, 5.41) is 28.3. The number of carbonyl (C=O) groups is 1. The first-order valence-corrected chi connectivity index (χ1v) is 8.44. The van der Waals surface area contributed by atoms with Gasteiger partial charge in [-0.1, -0.05) is 30.3 Å². The van der Waals surface area contributed by atoms with Crippen LogP contribution < -0.4 is 10.6 Å². The zero-order valence-electron chi connectivity index (χ0n) is 14.7. The first-order chi connectivity index (χ1) is 12.9. The summed E-state index contributed by atoms with van der Waals surface area (Å²) in [7, 11) is 0. The van der Waals surface area contributed by atoms with Crippen molar-refractivity contribution in [2.75, 3.05) is 17.2 Å². The Bertz CT molecular complexity index is 1000. The van der Waals surface area contributed by atoms with E-state index in [1.165, 1.54) is 18.2 Å². The minimum atomic E-state index is -0.652. The Morgan fingerprint density at radius 3 is 2.56 bits per heavy atom. The van der Waals surface area contributed by atoms with Crippen LogP contribution in [0.25, 0.3) is 10.8 Å². The van der Waals surface area contributed by atoms with Crippen LogP contribution in [0.3, 0.4) is 0 Å². The molecule has 3 aromatic rings. The molecule has 3 rings (SSSR count). The first-order valence-electron chi connectivity index (χ1n) is 8.44. The van der Waals surface area contributed by atoms with E-state index in [-0.39, 0.29) is 23.5 Å². The molecule has 1 amide bonds. The highest BCUT2D eigenvalue weighted by Crippen LogP contribution is 2.26. The Morgan fingerprint density at radius 2 is 1.85 bits per heavy atom. The topological polar surface area (TPSA) is 104 Å². The number of rotatable bonds is 6. The molecular formula is C20H19N3O4. The van der Waals surface area contributed by atoms with E-state index in [1.54, 1.807) is 13.0 Å². The molecule has 0 aliphatic rings. The van der Waals surface area contributed by atoms with E-state index in [4.69, 9.17) is 0 Å². The molecule has 0 heterocycles. The lowest BCUT2D eigenvalue weighted by Crippen LogP contribution is -2.17. The van der Waals surface area contributed by atoms with Crippen LogP contribution >= 0.6 is 0 Å². The van der Waals surface area contributed by atoms with Gasteiger partial charge in [0, 0.05) is 23.9 Å². The lowest BCUT2D eigenvalue weighted by atomic mass is 10.1. The number of nitrogens with one attached hydrogen (secondary N) is 2. The zero-order chi connectivity index (χ0) is 19.4. The third-order valence-electron chi connectivity index (χ3n) is 4.05. The number of nitro benzene ring substituents is 1. The summed E-state index contributed by atoms with van der Waals surface area (Å²) in [5.74, 6) is -0.435. The predicted octanol–water partition coefficient (Wildman–Crippen LogP) is 3.79. The van der Waals surface area contributed by atoms with Crippen LogP contribution in [0.15, 0.2) is 60.7 Å². The minimum absolute atomic E-state index is 0.170. The van der Waals surface area contributed by atoms with Gasteiger partial charge in [-0.05, 0) is 42.0 Å². The molecule has 27 heavy (non-hydrogen) atoms. The Hall–Kier alpha value is -3.45. The minimum Gasteiger partial charge on any atom is -0.392 e. The second-order valence-electron chi connectivity index (χ2n) is 6.24. The monoisotopic (exact) mass is 365 g/mol. The number of benzene rings is 3. The molecule has 138 valence electrons. The summed E-state index contributed by atoms with van der Waals surface area (Å²) in [4.78, 5) is 23.3. The van der Waals surface area contributed by atoms with E-state index in [0.29, 0.717) is 5.69 Å². The molecule has 7 heteroatoms. The average Bonchev–Trinajstić information content (AvgIpc) is 2.66. The second kappa shape index (κ2) is 7.84. The van der Waals surface area contributed by atoms with Gasteiger partial charge in [0.2, 0.25) is 0 Å². The number of aliphatic hydroxyl groups is 1. The van der Waals surface area contributed by atoms with Crippen molar-refractivity contribution >= 4 is 33.7 Å². The van der Waals surface area contributed by atoms with Gasteiger partial charge in [0.25, 0.3) is 11.6 Å². The van der Waals surface area contributed by atoms with Crippen molar-refractivity contribution in [1.29, 1.82) is 0 Å². The average molecular weight is 365 g/mol. The van der Waals surface area contributed by atoms with Gasteiger partial charge in [0.1, 0.15) is 5.69 Å². The number of carbonyl (C=O) groups excluding carboxylic acids is 1. The van der Waals surface area contributed by atoms with Gasteiger partial charge in [-0.25, -0.2) is 0 Å². The number of hydrogen-bond acceptors (Lipinski definition) is 5. The van der Waals surface area contributed by atoms with Crippen LogP contribution in [0.4, 0.5) is 17.1 Å². The van der Waals surface area contributed by atoms with Crippen LogP contribution in [0.2, 0.25) is 0 Å². The van der Waals surface area contributed by atoms with E-state index in [9.17, 15) is 20.0 Å². The Morgan fingerprint density at radius 1 is 1.11 bits per heavy atom. The van der Waals surface area contributed by atoms with Crippen molar-refractivity contribution in [3.8, 4) is 0 Å². The first kappa shape index (κ1) is 18.3. The molecule has 0 spiro atoms. The highest BCUT2D eigenvalue weighted by atomic mass is 16.6. The quantitative estimate of drug-likeness (QED) is 0.455. The molecule has 0 saturated heterocycles. The molecule has 0 aliphatic carbocycles. The summed E-state index contributed by atoms with van der Waals surface area (Å²) < 4.78 is 0. The maximum absolute atomic E-state index is 12.5. The van der Waals surface area contributed by atoms with Crippen LogP contribution in [0.5, 0.6) is 0 Å². The van der Waals surface area contributed by atoms with Crippen LogP contribution in [0.1, 0.15) is 17.3 Å². The largest absolute Gasteiger partial charge is 0.392 e. The Labute approximate surface area is 155 Å². The molecule has 7 nitrogen and oxygen atoms in total. The SMILES string of the molecule is C[C@@H](O)CNc1ccc(C(=O)Nc2ccc3ccccc3c2)cc1[N+](=O)[O-]. The molecule has 0 radical (unpaired) electrons. The fourth-order valence-corrected chi connectivity index (χ4v) is 2.70. The highest BCUT2D eigenvalue weighted by Gasteiger charge is 2.18. The molecule has 0 saturated carbocycles. The van der Waals surface area contributed by atoms with E-state index < -0.39 is 16.9 Å². The number of nitrogens with zero attached hydrogens (tertiary/aromatic N) is 1. The number of hydrogen-bond donors (Lipinski definition) is 3. The van der Waals surface area contributed by atoms with Gasteiger partial charge >= 0.3 is 0 Å². The summed E-state index contributed by atoms with van der Waals surface area (Å²) in [5.41, 5.74) is 0.820. The third kappa shape index (κ3) is 4.39. The molecule has 0 aromatic heterocycles. The lowest BCUT2D eigenvalue weighted by molar-refractivity contribution is -0.384. The molecule has 3 aromatic carbocycles. The van der Waals surface area contributed by atoms with Gasteiger partial charge in [-0.2, -0.15) is 0 Å². The van der Waals surface area contributed by atoms with Crippen molar-refractivity contribution in [2.24, 2.45) is 0 Å². The molecule has 0 aliphatic heterocycles. The van der Waals surface area contributed by atoms with E-state index in [0.717, 1.165) is 10.8 Å². The Kier molecular flexibility index (Phi) is 5.33. The van der Waals surface area contributed by atoms with Gasteiger partial charge in [0.15, 0.2) is 0 Å². The number of fused-ring (bicyclic) bond motifs is 1. The summed E-state index contributed by atoms with van der Waals surface area (Å²) in [6.45, 7) is 1.74. The maximum Gasteiger partial charge on any atom is 0.293 e. The number of anilines is 2. The van der Waals surface area contributed by atoms with Crippen molar-refractivity contribution in [3.05, 3.63) is 76.3 Å². The Balaban J connectivity index is 1.82. The summed E-state index contributed by atoms with van der Waals surface area (Å²) in [6, 6.07) is 17.5. The van der Waals surface area contributed by atoms with Gasteiger partial charge in [-0.3, -0.25) is 14.9 Å². The van der Waals surface area contributed by atoms with Crippen LogP contribution in [-0.4, -0.2) is 28.6 Å². The summed E-state index contributed by atoms with van der Waals surface area (Å²) in [6.07, 6.45) is -0.652. The summed E-state index contributed by atoms with van der Waals surface area (Å²) >= 11 is 0. The molecule has 0 fully saturated rings. The second-order valence-corrected chi connectivity index (χ2v) is 6.24. The smallest absolute Gasteiger partial charge is 0.293 e. The molecular weight excluding hydrogens is 346 g/mol.